The lowest BCUT2D eigenvalue weighted by Crippen LogP contribution is -2.45. The fourth-order valence-electron chi connectivity index (χ4n) is 10.5. The smallest absolute Gasteiger partial charge is 0.254 e. The summed E-state index contributed by atoms with van der Waals surface area (Å²) in [5, 5.41) is 2.26. The lowest BCUT2D eigenvalue weighted by Gasteiger charge is -2.32. The average molecular weight is 979 g/mol. The number of aromatic nitrogens is 6. The zero-order valence-electron chi connectivity index (χ0n) is 40.4. The van der Waals surface area contributed by atoms with Crippen LogP contribution in [0.4, 0.5) is 8.78 Å². The fourth-order valence-corrected chi connectivity index (χ4v) is 10.8. The number of carbonyl (C=O) groups is 1. The molecule has 2 aliphatic rings. The maximum Gasteiger partial charge on any atom is 0.254 e. The number of hydrogen-bond donors (Lipinski definition) is 2. The van der Waals surface area contributed by atoms with Crippen molar-refractivity contribution in [3.63, 3.8) is 0 Å². The number of aryl methyl sites for hydroxylation is 2. The minimum Gasteiger partial charge on any atom is -0.361 e. The number of pyridine rings is 2. The number of likely N-dealkylation sites (tertiary alicyclic amines) is 2. The zero-order chi connectivity index (χ0) is 49.6. The summed E-state index contributed by atoms with van der Waals surface area (Å²) < 4.78 is 35.7. The maximum atomic E-state index is 13.5. The molecule has 14 heteroatoms. The van der Waals surface area contributed by atoms with Crippen LogP contribution in [0.2, 0.25) is 0 Å². The summed E-state index contributed by atoms with van der Waals surface area (Å²) in [6.07, 6.45) is 7.98. The first kappa shape index (κ1) is 46.8. The van der Waals surface area contributed by atoms with Crippen molar-refractivity contribution in [1.82, 2.24) is 37.7 Å². The van der Waals surface area contributed by atoms with E-state index in [9.17, 15) is 13.6 Å². The summed E-state index contributed by atoms with van der Waals surface area (Å²) in [5.41, 5.74) is 25.6. The SMILES string of the molecule is Cc1c(-c2cc3ccccc3n2Cc2ccc(F)cc2)nc2cc(C(=O)N3CCC[C@@H](N)C3)ccn12.Cc1c(-c2cc3ccccc3n2Cc2ccc(F)cc2)nc2cc(C(=S)N3CCC[C@@H](N)C3)ccn12. The fraction of sp³-hybridized carbons (Fsp3) is 0.241. The van der Waals surface area contributed by atoms with Crippen molar-refractivity contribution in [3.8, 4) is 22.8 Å². The van der Waals surface area contributed by atoms with Crippen LogP contribution in [0, 0.1) is 25.5 Å². The minimum absolute atomic E-state index is 0.000256. The van der Waals surface area contributed by atoms with E-state index in [4.69, 9.17) is 33.7 Å². The van der Waals surface area contributed by atoms with Crippen LogP contribution in [0.5, 0.6) is 0 Å². The van der Waals surface area contributed by atoms with Crippen LogP contribution < -0.4 is 11.5 Å². The van der Waals surface area contributed by atoms with Gasteiger partial charge in [-0.2, -0.15) is 0 Å². The number of imidazole rings is 2. The molecule has 0 radical (unpaired) electrons. The monoisotopic (exact) mass is 978 g/mol. The van der Waals surface area contributed by atoms with Gasteiger partial charge in [0.1, 0.15) is 39.3 Å². The Hall–Kier alpha value is -7.52. The van der Waals surface area contributed by atoms with E-state index in [0.717, 1.165) is 134 Å². The normalized spacial score (nSPS) is 16.2. The number of halogens is 2. The van der Waals surface area contributed by atoms with Gasteiger partial charge in [0.2, 0.25) is 0 Å². The Morgan fingerprint density at radius 2 is 1.04 bits per heavy atom. The predicted molar refractivity (Wildman–Crippen MR) is 286 cm³/mol. The number of rotatable bonds is 8. The van der Waals surface area contributed by atoms with Gasteiger partial charge < -0.3 is 39.2 Å². The van der Waals surface area contributed by atoms with Crippen LogP contribution in [0.15, 0.2) is 146 Å². The highest BCUT2D eigenvalue weighted by Crippen LogP contribution is 2.34. The molecule has 12 rings (SSSR count). The number of amides is 1. The van der Waals surface area contributed by atoms with E-state index in [1.54, 1.807) is 0 Å². The third-order valence-corrected chi connectivity index (χ3v) is 14.8. The Labute approximate surface area is 421 Å². The average Bonchev–Trinajstić information content (AvgIpc) is 4.14. The minimum atomic E-state index is -0.246. The third kappa shape index (κ3) is 9.17. The first-order chi connectivity index (χ1) is 34.9. The summed E-state index contributed by atoms with van der Waals surface area (Å²) in [6, 6.07) is 42.3. The predicted octanol–water partition coefficient (Wildman–Crippen LogP) is 10.6. The van der Waals surface area contributed by atoms with Crippen molar-refractivity contribution in [2.24, 2.45) is 11.5 Å². The number of carbonyl (C=O) groups excluding carboxylic acids is 1. The molecule has 364 valence electrons. The van der Waals surface area contributed by atoms with Gasteiger partial charge in [-0.25, -0.2) is 18.7 Å². The zero-order valence-corrected chi connectivity index (χ0v) is 41.2. The molecular formula is C58H56F2N10OS. The molecule has 0 aliphatic carbocycles. The second kappa shape index (κ2) is 19.6. The van der Waals surface area contributed by atoms with Crippen molar-refractivity contribution < 1.29 is 13.6 Å². The highest BCUT2D eigenvalue weighted by Gasteiger charge is 2.25. The molecule has 72 heavy (non-hydrogen) atoms. The van der Waals surface area contributed by atoms with E-state index < -0.39 is 0 Å². The van der Waals surface area contributed by atoms with Gasteiger partial charge in [-0.05, 0) is 123 Å². The molecule has 2 atom stereocenters. The van der Waals surface area contributed by atoms with Crippen molar-refractivity contribution in [2.45, 2.75) is 64.7 Å². The number of nitrogens with two attached hydrogens (primary N) is 2. The molecule has 11 nitrogen and oxygen atoms in total. The number of thiocarbonyl (C=S) groups is 1. The summed E-state index contributed by atoms with van der Waals surface area (Å²) in [5.74, 6) is -0.475. The van der Waals surface area contributed by atoms with E-state index in [0.29, 0.717) is 25.2 Å². The van der Waals surface area contributed by atoms with Gasteiger partial charge >= 0.3 is 0 Å². The lowest BCUT2D eigenvalue weighted by atomic mass is 10.1. The number of benzene rings is 4. The highest BCUT2D eigenvalue weighted by molar-refractivity contribution is 7.80. The maximum absolute atomic E-state index is 13.5. The summed E-state index contributed by atoms with van der Waals surface area (Å²) >= 11 is 5.84. The molecule has 0 saturated carbocycles. The van der Waals surface area contributed by atoms with Gasteiger partial charge in [0.15, 0.2) is 0 Å². The number of para-hydroxylation sites is 2. The quantitative estimate of drug-likeness (QED) is 0.146. The third-order valence-electron chi connectivity index (χ3n) is 14.3. The molecule has 0 spiro atoms. The van der Waals surface area contributed by atoms with E-state index >= 15 is 0 Å². The van der Waals surface area contributed by atoms with Crippen molar-refractivity contribution >= 4 is 56.2 Å². The van der Waals surface area contributed by atoms with E-state index in [1.165, 1.54) is 24.3 Å². The van der Waals surface area contributed by atoms with E-state index in [-0.39, 0.29) is 29.6 Å². The van der Waals surface area contributed by atoms with Gasteiger partial charge in [-0.15, -0.1) is 0 Å². The Kier molecular flexibility index (Phi) is 12.7. The van der Waals surface area contributed by atoms with Gasteiger partial charge in [0, 0.05) is 108 Å². The van der Waals surface area contributed by atoms with Gasteiger partial charge in [-0.3, -0.25) is 4.79 Å². The Balaban J connectivity index is 0.000000156. The number of nitrogens with zero attached hydrogens (tertiary/aromatic N) is 8. The summed E-state index contributed by atoms with van der Waals surface area (Å²) in [4.78, 5) is 28.1. The molecule has 4 N–H and O–H groups in total. The Bertz CT molecular complexity index is 3410. The van der Waals surface area contributed by atoms with Crippen LogP contribution in [-0.4, -0.2) is 86.9 Å². The molecule has 6 aromatic heterocycles. The molecule has 2 saturated heterocycles. The van der Waals surface area contributed by atoms with Gasteiger partial charge in [0.05, 0.1) is 11.4 Å². The number of fused-ring (bicyclic) bond motifs is 4. The molecule has 8 heterocycles. The Morgan fingerprint density at radius 3 is 1.54 bits per heavy atom. The second-order valence-electron chi connectivity index (χ2n) is 19.3. The molecular weight excluding hydrogens is 923 g/mol. The number of piperidine rings is 2. The van der Waals surface area contributed by atoms with Crippen molar-refractivity contribution in [2.75, 3.05) is 26.2 Å². The topological polar surface area (TPSA) is 120 Å². The van der Waals surface area contributed by atoms with Crippen LogP contribution in [0.3, 0.4) is 0 Å². The van der Waals surface area contributed by atoms with Crippen LogP contribution >= 0.6 is 12.2 Å². The van der Waals surface area contributed by atoms with Gasteiger partial charge in [-0.1, -0.05) is 72.9 Å². The summed E-state index contributed by atoms with van der Waals surface area (Å²) in [6.45, 7) is 8.42. The lowest BCUT2D eigenvalue weighted by molar-refractivity contribution is 0.0708. The molecule has 2 fully saturated rings. The number of hydrogen-bond acceptors (Lipinski definition) is 6. The summed E-state index contributed by atoms with van der Waals surface area (Å²) in [7, 11) is 0. The van der Waals surface area contributed by atoms with Crippen LogP contribution in [-0.2, 0) is 13.1 Å². The van der Waals surface area contributed by atoms with Crippen LogP contribution in [0.25, 0.3) is 55.9 Å². The van der Waals surface area contributed by atoms with Crippen LogP contribution in [0.1, 0.15) is 64.1 Å². The van der Waals surface area contributed by atoms with E-state index in [2.05, 4.69) is 80.1 Å². The highest BCUT2D eigenvalue weighted by atomic mass is 32.1. The first-order valence-corrected chi connectivity index (χ1v) is 25.1. The largest absolute Gasteiger partial charge is 0.361 e. The molecule has 2 aliphatic heterocycles. The Morgan fingerprint density at radius 1 is 0.597 bits per heavy atom. The van der Waals surface area contributed by atoms with Crippen molar-refractivity contribution in [1.29, 1.82) is 0 Å². The molecule has 1 amide bonds. The first-order valence-electron chi connectivity index (χ1n) is 24.7. The molecule has 0 bridgehead atoms. The standard InChI is InChI=1S/C29H28FN5O.C29H28FN5S/c2*1-19-28(32-27-16-22(12-14-34(19)27)29(36)33-13-4-6-24(31)18-33)26-15-21-5-2-3-7-25(21)35(26)17-20-8-10-23(30)11-9-20/h2*2-3,5,7-12,14-16,24H,4,6,13,17-18,31H2,1H3/t2*24-/m11/s1. The molecule has 4 aromatic carbocycles. The molecule has 0 unspecified atom stereocenters. The van der Waals surface area contributed by atoms with E-state index in [1.807, 2.05) is 83.1 Å². The second-order valence-corrected chi connectivity index (χ2v) is 19.7. The van der Waals surface area contributed by atoms with Gasteiger partial charge in [0.25, 0.3) is 5.91 Å². The van der Waals surface area contributed by atoms with Crippen molar-refractivity contribution in [3.05, 3.63) is 191 Å². The molecule has 10 aromatic rings.